The van der Waals surface area contributed by atoms with E-state index in [2.05, 4.69) is 21.2 Å². The lowest BCUT2D eigenvalue weighted by Crippen LogP contribution is -2.36. The second-order valence-electron chi connectivity index (χ2n) is 5.81. The highest BCUT2D eigenvalue weighted by Gasteiger charge is 2.10. The second kappa shape index (κ2) is 8.15. The molecule has 0 bridgehead atoms. The Morgan fingerprint density at radius 1 is 1.12 bits per heavy atom. The van der Waals surface area contributed by atoms with E-state index in [0.717, 1.165) is 15.7 Å². The summed E-state index contributed by atoms with van der Waals surface area (Å²) in [5.74, 6) is -0.333. The highest BCUT2D eigenvalue weighted by molar-refractivity contribution is 9.10. The van der Waals surface area contributed by atoms with Gasteiger partial charge >= 0.3 is 6.03 Å². The molecule has 2 rings (SSSR count). The summed E-state index contributed by atoms with van der Waals surface area (Å²) in [6, 6.07) is 12.4. The van der Waals surface area contributed by atoms with Gasteiger partial charge in [-0.05, 0) is 35.9 Å². The number of anilines is 1. The van der Waals surface area contributed by atoms with Crippen LogP contribution < -0.4 is 10.2 Å². The average Bonchev–Trinajstić information content (AvgIpc) is 2.55. The van der Waals surface area contributed by atoms with Gasteiger partial charge in [-0.2, -0.15) is 0 Å². The normalized spacial score (nSPS) is 10.4. The molecule has 6 heteroatoms. The molecule has 0 spiro atoms. The van der Waals surface area contributed by atoms with Gasteiger partial charge in [0.1, 0.15) is 5.82 Å². The zero-order valence-electron chi connectivity index (χ0n) is 14.0. The molecule has 2 aromatic carbocycles. The van der Waals surface area contributed by atoms with Crippen molar-refractivity contribution >= 4 is 27.6 Å². The first-order valence-electron chi connectivity index (χ1n) is 7.56. The summed E-state index contributed by atoms with van der Waals surface area (Å²) >= 11 is 3.30. The van der Waals surface area contributed by atoms with E-state index in [4.69, 9.17) is 0 Å². The van der Waals surface area contributed by atoms with Crippen LogP contribution in [0.4, 0.5) is 14.9 Å². The van der Waals surface area contributed by atoms with Crippen LogP contribution in [0.2, 0.25) is 0 Å². The lowest BCUT2D eigenvalue weighted by Gasteiger charge is -2.19. The first-order chi connectivity index (χ1) is 11.4. The van der Waals surface area contributed by atoms with Crippen molar-refractivity contribution in [3.05, 3.63) is 63.9 Å². The maximum absolute atomic E-state index is 13.7. The fourth-order valence-corrected chi connectivity index (χ4v) is 2.64. The van der Waals surface area contributed by atoms with Crippen molar-refractivity contribution in [1.82, 2.24) is 10.2 Å². The van der Waals surface area contributed by atoms with E-state index < -0.39 is 0 Å². The quantitative estimate of drug-likeness (QED) is 0.833. The summed E-state index contributed by atoms with van der Waals surface area (Å²) in [6.45, 7) is 0.633. The van der Waals surface area contributed by atoms with Crippen LogP contribution in [-0.2, 0) is 13.1 Å². The minimum atomic E-state index is -0.333. The summed E-state index contributed by atoms with van der Waals surface area (Å²) in [5.41, 5.74) is 2.59. The van der Waals surface area contributed by atoms with Crippen LogP contribution in [0, 0.1) is 5.82 Å². The zero-order chi connectivity index (χ0) is 17.7. The first kappa shape index (κ1) is 18.3. The number of hydrogen-bond acceptors (Lipinski definition) is 2. The molecule has 0 heterocycles. The van der Waals surface area contributed by atoms with E-state index in [9.17, 15) is 9.18 Å². The Hall–Kier alpha value is -2.08. The van der Waals surface area contributed by atoms with Crippen LogP contribution in [0.15, 0.2) is 46.9 Å². The molecule has 0 saturated heterocycles. The highest BCUT2D eigenvalue weighted by Crippen LogP contribution is 2.16. The molecule has 0 saturated carbocycles. The molecule has 0 atom stereocenters. The average molecular weight is 394 g/mol. The molecule has 4 nitrogen and oxygen atoms in total. The molecule has 0 aliphatic heterocycles. The third kappa shape index (κ3) is 4.96. The van der Waals surface area contributed by atoms with Crippen LogP contribution in [0.3, 0.4) is 0 Å². The smallest absolute Gasteiger partial charge is 0.317 e. The first-order valence-corrected chi connectivity index (χ1v) is 8.35. The van der Waals surface area contributed by atoms with E-state index in [-0.39, 0.29) is 18.4 Å². The molecule has 0 aliphatic rings. The number of urea groups is 1. The SMILES string of the molecule is CN(Cc1ccc(N(C)C)cc1)C(=O)NCc1cc(Br)ccc1F. The van der Waals surface area contributed by atoms with Gasteiger partial charge in [0.2, 0.25) is 0 Å². The fourth-order valence-electron chi connectivity index (χ4n) is 2.23. The minimum absolute atomic E-state index is 0.147. The van der Waals surface area contributed by atoms with Gasteiger partial charge in [0.25, 0.3) is 0 Å². The number of carbonyl (C=O) groups excluding carboxylic acids is 1. The molecule has 2 aromatic rings. The Balaban J connectivity index is 1.91. The van der Waals surface area contributed by atoms with E-state index in [1.807, 2.05) is 43.3 Å². The molecular formula is C18H21BrFN3O. The van der Waals surface area contributed by atoms with Crippen LogP contribution in [0.25, 0.3) is 0 Å². The number of amides is 2. The van der Waals surface area contributed by atoms with Gasteiger partial charge in [-0.25, -0.2) is 9.18 Å². The van der Waals surface area contributed by atoms with Crippen molar-refractivity contribution in [3.63, 3.8) is 0 Å². The van der Waals surface area contributed by atoms with Gasteiger partial charge in [0, 0.05) is 50.0 Å². The monoisotopic (exact) mass is 393 g/mol. The van der Waals surface area contributed by atoms with Crippen molar-refractivity contribution in [1.29, 1.82) is 0 Å². The lowest BCUT2D eigenvalue weighted by atomic mass is 10.2. The summed E-state index contributed by atoms with van der Waals surface area (Å²) in [6.07, 6.45) is 0. The molecule has 0 fully saturated rings. The van der Waals surface area contributed by atoms with Crippen molar-refractivity contribution < 1.29 is 9.18 Å². The van der Waals surface area contributed by atoms with Gasteiger partial charge in [-0.3, -0.25) is 0 Å². The Labute approximate surface area is 150 Å². The Morgan fingerprint density at radius 3 is 2.42 bits per heavy atom. The zero-order valence-corrected chi connectivity index (χ0v) is 15.6. The van der Waals surface area contributed by atoms with Crippen molar-refractivity contribution in [2.45, 2.75) is 13.1 Å². The number of halogens is 2. The third-order valence-corrected chi connectivity index (χ3v) is 4.15. The molecule has 24 heavy (non-hydrogen) atoms. The molecule has 0 unspecified atom stereocenters. The molecule has 1 N–H and O–H groups in total. The lowest BCUT2D eigenvalue weighted by molar-refractivity contribution is 0.206. The van der Waals surface area contributed by atoms with Crippen LogP contribution in [-0.4, -0.2) is 32.1 Å². The van der Waals surface area contributed by atoms with Crippen LogP contribution in [0.1, 0.15) is 11.1 Å². The standard InChI is InChI=1S/C18H21BrFN3O/c1-22(2)16-7-4-13(5-8-16)12-23(3)18(24)21-11-14-10-15(19)6-9-17(14)20/h4-10H,11-12H2,1-3H3,(H,21,24). The Kier molecular flexibility index (Phi) is 6.20. The van der Waals surface area contributed by atoms with Gasteiger partial charge in [0.15, 0.2) is 0 Å². The third-order valence-electron chi connectivity index (χ3n) is 3.66. The number of rotatable bonds is 5. The fraction of sp³-hybridized carbons (Fsp3) is 0.278. The maximum atomic E-state index is 13.7. The number of benzene rings is 2. The summed E-state index contributed by atoms with van der Waals surface area (Å²) < 4.78 is 14.5. The minimum Gasteiger partial charge on any atom is -0.378 e. The highest BCUT2D eigenvalue weighted by atomic mass is 79.9. The number of nitrogens with zero attached hydrogens (tertiary/aromatic N) is 2. The van der Waals surface area contributed by atoms with Crippen LogP contribution >= 0.6 is 15.9 Å². The summed E-state index contributed by atoms with van der Waals surface area (Å²) in [7, 11) is 5.68. The van der Waals surface area contributed by atoms with Gasteiger partial charge in [-0.15, -0.1) is 0 Å². The van der Waals surface area contributed by atoms with E-state index in [0.29, 0.717) is 12.1 Å². The van der Waals surface area contributed by atoms with Gasteiger partial charge in [0.05, 0.1) is 0 Å². The molecular weight excluding hydrogens is 373 g/mol. The second-order valence-corrected chi connectivity index (χ2v) is 6.73. The Morgan fingerprint density at radius 2 is 1.79 bits per heavy atom. The topological polar surface area (TPSA) is 35.6 Å². The van der Waals surface area contributed by atoms with E-state index >= 15 is 0 Å². The predicted octanol–water partition coefficient (Wildman–Crippen LogP) is 4.00. The Bertz CT molecular complexity index is 704. The number of hydrogen-bond donors (Lipinski definition) is 1. The van der Waals surface area contributed by atoms with E-state index in [1.165, 1.54) is 6.07 Å². The van der Waals surface area contributed by atoms with Crippen LogP contribution in [0.5, 0.6) is 0 Å². The predicted molar refractivity (Wildman–Crippen MR) is 98.6 cm³/mol. The van der Waals surface area contributed by atoms with Crippen molar-refractivity contribution in [2.75, 3.05) is 26.0 Å². The molecule has 2 amide bonds. The molecule has 0 radical (unpaired) electrons. The largest absolute Gasteiger partial charge is 0.378 e. The molecule has 128 valence electrons. The van der Waals surface area contributed by atoms with E-state index in [1.54, 1.807) is 24.1 Å². The molecule has 0 aliphatic carbocycles. The maximum Gasteiger partial charge on any atom is 0.317 e. The number of carbonyl (C=O) groups is 1. The number of nitrogens with one attached hydrogen (secondary N) is 1. The van der Waals surface area contributed by atoms with Gasteiger partial charge < -0.3 is 15.1 Å². The van der Waals surface area contributed by atoms with Gasteiger partial charge in [-0.1, -0.05) is 28.1 Å². The summed E-state index contributed by atoms with van der Waals surface area (Å²) in [5, 5.41) is 2.73. The molecule has 0 aromatic heterocycles. The van der Waals surface area contributed by atoms with Crippen molar-refractivity contribution in [2.24, 2.45) is 0 Å². The van der Waals surface area contributed by atoms with Crippen molar-refractivity contribution in [3.8, 4) is 0 Å². The summed E-state index contributed by atoms with van der Waals surface area (Å²) in [4.78, 5) is 15.8.